The summed E-state index contributed by atoms with van der Waals surface area (Å²) in [6.45, 7) is 7.10. The van der Waals surface area contributed by atoms with Crippen LogP contribution < -0.4 is 0 Å². The molecule has 0 aromatic carbocycles. The van der Waals surface area contributed by atoms with Crippen molar-refractivity contribution >= 4 is 47.8 Å². The van der Waals surface area contributed by atoms with E-state index < -0.39 is 122 Å². The van der Waals surface area contributed by atoms with E-state index in [2.05, 4.69) is 0 Å². The molecule has 2 rings (SSSR count). The molecule has 10 atom stereocenters. The molecule has 264 valence electrons. The maximum Gasteiger partial charge on any atom is 0.303 e. The van der Waals surface area contributed by atoms with Crippen molar-refractivity contribution in [3.8, 4) is 0 Å². The van der Waals surface area contributed by atoms with E-state index in [1.807, 2.05) is 0 Å². The van der Waals surface area contributed by atoms with Crippen LogP contribution in [0.15, 0.2) is 0 Å². The number of rotatable bonds is 12. The normalized spacial score (nSPS) is 30.0. The third-order valence-electron chi connectivity index (χ3n) is 6.16. The highest BCUT2D eigenvalue weighted by molar-refractivity contribution is 5.70. The van der Waals surface area contributed by atoms with E-state index >= 15 is 0 Å². The van der Waals surface area contributed by atoms with Crippen LogP contribution >= 0.6 is 0 Å². The highest BCUT2D eigenvalue weighted by Crippen LogP contribution is 2.35. The van der Waals surface area contributed by atoms with Crippen LogP contribution in [-0.4, -0.2) is 122 Å². The summed E-state index contributed by atoms with van der Waals surface area (Å²) in [7, 11) is 0. The Morgan fingerprint density at radius 1 is 0.383 bits per heavy atom. The number of hydrogen-bond acceptors (Lipinski definition) is 19. The van der Waals surface area contributed by atoms with Gasteiger partial charge in [0.25, 0.3) is 0 Å². The van der Waals surface area contributed by atoms with Gasteiger partial charge in [-0.3, -0.25) is 38.4 Å². The Morgan fingerprint density at radius 2 is 0.638 bits per heavy atom. The Bertz CT molecular complexity index is 1110. The van der Waals surface area contributed by atoms with Gasteiger partial charge < -0.3 is 52.1 Å². The average molecular weight is 679 g/mol. The first kappa shape index (κ1) is 38.8. The van der Waals surface area contributed by atoms with Crippen LogP contribution in [0, 0.1) is 0 Å². The van der Waals surface area contributed by atoms with Gasteiger partial charge in [-0.25, -0.2) is 0 Å². The van der Waals surface area contributed by atoms with Crippen LogP contribution in [0.1, 0.15) is 55.4 Å². The summed E-state index contributed by atoms with van der Waals surface area (Å²) in [4.78, 5) is 96.2. The standard InChI is InChI=1S/C28H38O19/c1-11(29)37-9-19-21(39-13(3)31)23(41-15(5)33)25(43-17(7)35)27(45-19)47-28-26(44-18(8)36)24(42-16(6)34)22(40-14(4)32)20(46-28)10-38-12(2)30/h19-28H,9-10H2,1-8H3/t19-,20+,21-,22-,23+,24-,25+,26-,27+,28-/m1/s1. The first-order valence-corrected chi connectivity index (χ1v) is 14.2. The van der Waals surface area contributed by atoms with Crippen LogP contribution in [-0.2, 0) is 90.5 Å². The highest BCUT2D eigenvalue weighted by Gasteiger charge is 2.57. The maximum atomic E-state index is 12.2. The van der Waals surface area contributed by atoms with Gasteiger partial charge in [0.15, 0.2) is 36.6 Å². The van der Waals surface area contributed by atoms with Crippen LogP contribution in [0.4, 0.5) is 0 Å². The van der Waals surface area contributed by atoms with Crippen molar-refractivity contribution in [3.05, 3.63) is 0 Å². The Hall–Kier alpha value is -4.36. The van der Waals surface area contributed by atoms with Crippen molar-refractivity contribution < 1.29 is 90.5 Å². The second-order valence-corrected chi connectivity index (χ2v) is 10.3. The molecular formula is C28H38O19. The van der Waals surface area contributed by atoms with E-state index in [-0.39, 0.29) is 0 Å². The third kappa shape index (κ3) is 12.1. The zero-order chi connectivity index (χ0) is 35.6. The fourth-order valence-electron chi connectivity index (χ4n) is 4.73. The van der Waals surface area contributed by atoms with Crippen molar-refractivity contribution in [2.75, 3.05) is 13.2 Å². The van der Waals surface area contributed by atoms with E-state index in [0.717, 1.165) is 55.4 Å². The lowest BCUT2D eigenvalue weighted by Gasteiger charge is -2.48. The summed E-state index contributed by atoms with van der Waals surface area (Å²) in [6.07, 6.45) is -16.3. The number of carbonyl (C=O) groups is 8. The molecule has 0 amide bonds. The van der Waals surface area contributed by atoms with E-state index in [4.69, 9.17) is 52.1 Å². The number of esters is 8. The topological polar surface area (TPSA) is 238 Å². The summed E-state index contributed by atoms with van der Waals surface area (Å²) in [5, 5.41) is 0. The first-order valence-electron chi connectivity index (χ1n) is 14.2. The van der Waals surface area contributed by atoms with Gasteiger partial charge in [0.2, 0.25) is 12.6 Å². The zero-order valence-electron chi connectivity index (χ0n) is 26.9. The lowest BCUT2D eigenvalue weighted by Crippen LogP contribution is -2.66. The SMILES string of the molecule is CC(=O)OC[C@@H]1O[C@H](O[C@@H]2O[C@H](COC(C)=O)[C@@H](OC(C)=O)[C@H](OC(C)=O)[C@@H]2OC(C)=O)[C@H](OC(C)=O)[C@H](OC(C)=O)[C@@H]1OC(C)=O. The van der Waals surface area contributed by atoms with E-state index in [9.17, 15) is 38.4 Å². The summed E-state index contributed by atoms with van der Waals surface area (Å²) >= 11 is 0. The van der Waals surface area contributed by atoms with Gasteiger partial charge in [-0.2, -0.15) is 0 Å². The molecule has 0 saturated carbocycles. The molecule has 2 aliphatic rings. The fourth-order valence-corrected chi connectivity index (χ4v) is 4.73. The van der Waals surface area contributed by atoms with Crippen molar-refractivity contribution in [2.45, 2.75) is 117 Å². The molecule has 19 nitrogen and oxygen atoms in total. The smallest absolute Gasteiger partial charge is 0.303 e. The molecule has 0 unspecified atom stereocenters. The van der Waals surface area contributed by atoms with E-state index in [0.29, 0.717) is 0 Å². The Kier molecular flexibility index (Phi) is 14.5. The molecule has 2 aliphatic heterocycles. The van der Waals surface area contributed by atoms with Crippen LogP contribution in [0.25, 0.3) is 0 Å². The predicted octanol–water partition coefficient (Wildman–Crippen LogP) is -0.831. The number of hydrogen-bond donors (Lipinski definition) is 0. The maximum absolute atomic E-state index is 12.2. The Morgan fingerprint density at radius 3 is 0.894 bits per heavy atom. The van der Waals surface area contributed by atoms with Crippen molar-refractivity contribution in [2.24, 2.45) is 0 Å². The van der Waals surface area contributed by atoms with E-state index in [1.54, 1.807) is 0 Å². The van der Waals surface area contributed by atoms with Gasteiger partial charge in [-0.1, -0.05) is 0 Å². The third-order valence-corrected chi connectivity index (χ3v) is 6.16. The molecule has 47 heavy (non-hydrogen) atoms. The average Bonchev–Trinajstić information content (AvgIpc) is 2.91. The van der Waals surface area contributed by atoms with Crippen LogP contribution in [0.3, 0.4) is 0 Å². The van der Waals surface area contributed by atoms with Gasteiger partial charge >= 0.3 is 47.8 Å². The molecular weight excluding hydrogens is 640 g/mol. The second kappa shape index (κ2) is 17.5. The van der Waals surface area contributed by atoms with Gasteiger partial charge in [0.1, 0.15) is 25.4 Å². The van der Waals surface area contributed by atoms with Gasteiger partial charge in [0.05, 0.1) is 0 Å². The van der Waals surface area contributed by atoms with Crippen molar-refractivity contribution in [1.82, 2.24) is 0 Å². The minimum absolute atomic E-state index is 0.587. The summed E-state index contributed by atoms with van der Waals surface area (Å²) < 4.78 is 60.1. The zero-order valence-corrected chi connectivity index (χ0v) is 26.9. The van der Waals surface area contributed by atoms with Crippen molar-refractivity contribution in [3.63, 3.8) is 0 Å². The minimum atomic E-state index is -1.84. The summed E-state index contributed by atoms with van der Waals surface area (Å²) in [5.41, 5.74) is 0. The molecule has 0 bridgehead atoms. The molecule has 0 spiro atoms. The largest absolute Gasteiger partial charge is 0.463 e. The van der Waals surface area contributed by atoms with Gasteiger partial charge in [-0.15, -0.1) is 0 Å². The molecule has 0 aliphatic carbocycles. The van der Waals surface area contributed by atoms with Crippen LogP contribution in [0.2, 0.25) is 0 Å². The molecule has 0 N–H and O–H groups in total. The molecule has 0 aromatic rings. The van der Waals surface area contributed by atoms with Gasteiger partial charge in [-0.05, 0) is 0 Å². The van der Waals surface area contributed by atoms with E-state index in [1.165, 1.54) is 0 Å². The minimum Gasteiger partial charge on any atom is -0.463 e. The molecule has 0 aromatic heterocycles. The lowest BCUT2D eigenvalue weighted by atomic mass is 9.96. The quantitative estimate of drug-likeness (QED) is 0.181. The lowest BCUT2D eigenvalue weighted by molar-refractivity contribution is -0.377. The second-order valence-electron chi connectivity index (χ2n) is 10.3. The summed E-state index contributed by atoms with van der Waals surface area (Å²) in [5.74, 6) is -6.98. The number of carbonyl (C=O) groups excluding carboxylic acids is 8. The monoisotopic (exact) mass is 678 g/mol. The van der Waals surface area contributed by atoms with Gasteiger partial charge in [0, 0.05) is 55.4 Å². The molecule has 19 heteroatoms. The highest BCUT2D eigenvalue weighted by atomic mass is 16.8. The Balaban J connectivity index is 2.69. The predicted molar refractivity (Wildman–Crippen MR) is 145 cm³/mol. The van der Waals surface area contributed by atoms with Crippen molar-refractivity contribution in [1.29, 1.82) is 0 Å². The summed E-state index contributed by atoms with van der Waals surface area (Å²) in [6, 6.07) is 0. The molecule has 2 heterocycles. The Labute approximate surface area is 268 Å². The molecule has 0 radical (unpaired) electrons. The first-order chi connectivity index (χ1) is 21.9. The molecule has 2 fully saturated rings. The molecule has 2 saturated heterocycles. The van der Waals surface area contributed by atoms with Crippen LogP contribution in [0.5, 0.6) is 0 Å². The number of ether oxygens (including phenoxy) is 11. The fraction of sp³-hybridized carbons (Fsp3) is 0.714.